The first kappa shape index (κ1) is 14.0. The molecule has 2 nitrogen and oxygen atoms in total. The average molecular weight is 379 g/mol. The van der Waals surface area contributed by atoms with Gasteiger partial charge in [0.2, 0.25) is 0 Å². The van der Waals surface area contributed by atoms with Gasteiger partial charge in [-0.2, -0.15) is 0 Å². The molecular weight excluding hydrogens is 361 g/mol. The van der Waals surface area contributed by atoms with Gasteiger partial charge in [-0.3, -0.25) is 0 Å². The molecule has 2 unspecified atom stereocenters. The van der Waals surface area contributed by atoms with Crippen molar-refractivity contribution in [1.29, 1.82) is 0 Å². The van der Waals surface area contributed by atoms with Crippen molar-refractivity contribution in [2.75, 3.05) is 6.61 Å². The number of benzene rings is 2. The molecule has 1 aliphatic heterocycles. The molecule has 1 aliphatic rings. The number of nitrogens with two attached hydrogens (primary N) is 1. The van der Waals surface area contributed by atoms with E-state index in [2.05, 4.69) is 71.1 Å². The molecule has 2 aromatic rings. The molecule has 0 fully saturated rings. The highest BCUT2D eigenvalue weighted by Crippen LogP contribution is 2.33. The van der Waals surface area contributed by atoms with Crippen molar-refractivity contribution in [3.05, 3.63) is 68.8 Å². The minimum atomic E-state index is 0.0147. The number of hydrogen-bond donors (Lipinski definition) is 1. The summed E-state index contributed by atoms with van der Waals surface area (Å²) in [4.78, 5) is 0. The summed E-state index contributed by atoms with van der Waals surface area (Å²) in [5.74, 6) is 0. The van der Waals surface area contributed by atoms with Crippen LogP contribution in [0.15, 0.2) is 48.5 Å². The Balaban J connectivity index is 1.79. The summed E-state index contributed by atoms with van der Waals surface area (Å²) >= 11 is 2.32. The van der Waals surface area contributed by atoms with Crippen molar-refractivity contribution in [2.45, 2.75) is 25.0 Å². The Labute approximate surface area is 133 Å². The minimum absolute atomic E-state index is 0.0147. The van der Waals surface area contributed by atoms with E-state index in [0.29, 0.717) is 0 Å². The van der Waals surface area contributed by atoms with Crippen LogP contribution in [0.2, 0.25) is 0 Å². The third-order valence-corrected chi connectivity index (χ3v) is 4.51. The first-order valence-electron chi connectivity index (χ1n) is 6.94. The maximum absolute atomic E-state index is 6.37. The SMILES string of the molecule is NC(CC1OCCc2ccccc21)c1cccc(I)c1. The van der Waals surface area contributed by atoms with E-state index in [1.54, 1.807) is 0 Å². The Bertz CT molecular complexity index is 599. The van der Waals surface area contributed by atoms with Gasteiger partial charge < -0.3 is 10.5 Å². The monoisotopic (exact) mass is 379 g/mol. The summed E-state index contributed by atoms with van der Waals surface area (Å²) in [6, 6.07) is 17.0. The van der Waals surface area contributed by atoms with Gasteiger partial charge >= 0.3 is 0 Å². The van der Waals surface area contributed by atoms with Gasteiger partial charge in [-0.05, 0) is 64.3 Å². The van der Waals surface area contributed by atoms with Crippen LogP contribution < -0.4 is 5.73 Å². The molecule has 3 heteroatoms. The summed E-state index contributed by atoms with van der Waals surface area (Å²) in [6.07, 6.45) is 1.95. The second-order valence-corrected chi connectivity index (χ2v) is 6.45. The zero-order valence-electron chi connectivity index (χ0n) is 11.3. The number of rotatable bonds is 3. The molecule has 104 valence electrons. The fourth-order valence-corrected chi connectivity index (χ4v) is 3.34. The summed E-state index contributed by atoms with van der Waals surface area (Å²) in [5, 5.41) is 0. The van der Waals surface area contributed by atoms with E-state index in [9.17, 15) is 0 Å². The summed E-state index contributed by atoms with van der Waals surface area (Å²) in [5.41, 5.74) is 10.3. The third kappa shape index (κ3) is 3.05. The van der Waals surface area contributed by atoms with Gasteiger partial charge in [-0.15, -0.1) is 0 Å². The van der Waals surface area contributed by atoms with Crippen LogP contribution >= 0.6 is 22.6 Å². The quantitative estimate of drug-likeness (QED) is 0.819. The van der Waals surface area contributed by atoms with Crippen LogP contribution in [-0.4, -0.2) is 6.61 Å². The van der Waals surface area contributed by atoms with Crippen LogP contribution in [0.5, 0.6) is 0 Å². The average Bonchev–Trinajstić information content (AvgIpc) is 2.47. The van der Waals surface area contributed by atoms with Gasteiger partial charge in [0.15, 0.2) is 0 Å². The zero-order valence-corrected chi connectivity index (χ0v) is 13.4. The van der Waals surface area contributed by atoms with E-state index in [1.165, 1.54) is 20.3 Å². The fraction of sp³-hybridized carbons (Fsp3) is 0.294. The van der Waals surface area contributed by atoms with Crippen molar-refractivity contribution < 1.29 is 4.74 Å². The molecule has 2 N–H and O–H groups in total. The van der Waals surface area contributed by atoms with Crippen LogP contribution in [-0.2, 0) is 11.2 Å². The Morgan fingerprint density at radius 2 is 2.05 bits per heavy atom. The molecule has 0 amide bonds. The fourth-order valence-electron chi connectivity index (χ4n) is 2.78. The van der Waals surface area contributed by atoms with E-state index < -0.39 is 0 Å². The summed E-state index contributed by atoms with van der Waals surface area (Å²) < 4.78 is 7.17. The zero-order chi connectivity index (χ0) is 13.9. The van der Waals surface area contributed by atoms with E-state index >= 15 is 0 Å². The third-order valence-electron chi connectivity index (χ3n) is 3.84. The van der Waals surface area contributed by atoms with Gasteiger partial charge in [0, 0.05) is 9.61 Å². The van der Waals surface area contributed by atoms with Gasteiger partial charge in [0.25, 0.3) is 0 Å². The maximum atomic E-state index is 6.37. The van der Waals surface area contributed by atoms with Gasteiger partial charge in [-0.25, -0.2) is 0 Å². The number of fused-ring (bicyclic) bond motifs is 1. The molecule has 0 aliphatic carbocycles. The molecule has 0 aromatic heterocycles. The lowest BCUT2D eigenvalue weighted by Gasteiger charge is -2.28. The first-order valence-corrected chi connectivity index (χ1v) is 8.02. The second-order valence-electron chi connectivity index (χ2n) is 5.21. The van der Waals surface area contributed by atoms with Crippen molar-refractivity contribution in [2.24, 2.45) is 5.73 Å². The molecular formula is C17H18INO. The van der Waals surface area contributed by atoms with Crippen LogP contribution in [0.1, 0.15) is 35.3 Å². The van der Waals surface area contributed by atoms with E-state index in [-0.39, 0.29) is 12.1 Å². The molecule has 0 radical (unpaired) electrons. The normalized spacial score (nSPS) is 19.4. The highest BCUT2D eigenvalue weighted by atomic mass is 127. The topological polar surface area (TPSA) is 35.2 Å². The van der Waals surface area contributed by atoms with Crippen LogP contribution in [0, 0.1) is 3.57 Å². The van der Waals surface area contributed by atoms with Crippen LogP contribution in [0.3, 0.4) is 0 Å². The molecule has 0 spiro atoms. The molecule has 1 heterocycles. The predicted molar refractivity (Wildman–Crippen MR) is 89.5 cm³/mol. The summed E-state index contributed by atoms with van der Waals surface area (Å²) in [7, 11) is 0. The molecule has 2 aromatic carbocycles. The molecule has 0 bridgehead atoms. The number of halogens is 1. The second kappa shape index (κ2) is 6.24. The molecule has 0 saturated heterocycles. The van der Waals surface area contributed by atoms with Gasteiger partial charge in [-0.1, -0.05) is 36.4 Å². The summed E-state index contributed by atoms with van der Waals surface area (Å²) in [6.45, 7) is 0.792. The highest BCUT2D eigenvalue weighted by Gasteiger charge is 2.23. The molecule has 20 heavy (non-hydrogen) atoms. The lowest BCUT2D eigenvalue weighted by Crippen LogP contribution is -2.21. The molecule has 3 rings (SSSR count). The maximum Gasteiger partial charge on any atom is 0.0845 e. The highest BCUT2D eigenvalue weighted by molar-refractivity contribution is 14.1. The van der Waals surface area contributed by atoms with Gasteiger partial charge in [0.1, 0.15) is 0 Å². The Morgan fingerprint density at radius 3 is 2.90 bits per heavy atom. The predicted octanol–water partition coefficient (Wildman–Crippen LogP) is 4.00. The van der Waals surface area contributed by atoms with E-state index in [0.717, 1.165) is 19.4 Å². The lowest BCUT2D eigenvalue weighted by atomic mass is 9.92. The van der Waals surface area contributed by atoms with Crippen molar-refractivity contribution >= 4 is 22.6 Å². The smallest absolute Gasteiger partial charge is 0.0845 e. The number of ether oxygens (including phenoxy) is 1. The minimum Gasteiger partial charge on any atom is -0.373 e. The van der Waals surface area contributed by atoms with Crippen molar-refractivity contribution in [1.82, 2.24) is 0 Å². The van der Waals surface area contributed by atoms with Gasteiger partial charge in [0.05, 0.1) is 12.7 Å². The lowest BCUT2D eigenvalue weighted by molar-refractivity contribution is 0.0320. The molecule has 0 saturated carbocycles. The van der Waals surface area contributed by atoms with Crippen LogP contribution in [0.25, 0.3) is 0 Å². The standard InChI is InChI=1S/C17H18INO/c18-14-6-3-5-13(10-14)16(19)11-17-15-7-2-1-4-12(15)8-9-20-17/h1-7,10,16-17H,8-9,11,19H2. The first-order chi connectivity index (χ1) is 9.74. The Hall–Kier alpha value is -0.910. The largest absolute Gasteiger partial charge is 0.373 e. The number of hydrogen-bond acceptors (Lipinski definition) is 2. The van der Waals surface area contributed by atoms with E-state index in [1.807, 2.05) is 0 Å². The van der Waals surface area contributed by atoms with E-state index in [4.69, 9.17) is 10.5 Å². The Kier molecular flexibility index (Phi) is 4.38. The molecule has 2 atom stereocenters. The van der Waals surface area contributed by atoms with Crippen molar-refractivity contribution in [3.63, 3.8) is 0 Å². The van der Waals surface area contributed by atoms with Crippen LogP contribution in [0.4, 0.5) is 0 Å². The Morgan fingerprint density at radius 1 is 1.20 bits per heavy atom. The van der Waals surface area contributed by atoms with Crippen molar-refractivity contribution in [3.8, 4) is 0 Å².